The molecule has 2 rings (SSSR count). The van der Waals surface area contributed by atoms with E-state index in [9.17, 15) is 14.7 Å². The van der Waals surface area contributed by atoms with Crippen LogP contribution in [0.4, 0.5) is 0 Å². The Morgan fingerprint density at radius 3 is 2.09 bits per heavy atom. The molecular formula is C18H18O5. The molecule has 0 aliphatic carbocycles. The van der Waals surface area contributed by atoms with E-state index in [0.29, 0.717) is 11.1 Å². The average Bonchev–Trinajstić information content (AvgIpc) is 2.54. The Balaban J connectivity index is 1.92. The van der Waals surface area contributed by atoms with Crippen LogP contribution >= 0.6 is 0 Å². The summed E-state index contributed by atoms with van der Waals surface area (Å²) in [4.78, 5) is 23.9. The molecule has 2 aromatic rings. The van der Waals surface area contributed by atoms with E-state index in [2.05, 4.69) is 0 Å². The van der Waals surface area contributed by atoms with Crippen molar-refractivity contribution < 1.29 is 24.2 Å². The molecule has 5 nitrogen and oxygen atoms in total. The molecule has 23 heavy (non-hydrogen) atoms. The first-order chi connectivity index (χ1) is 10.9. The van der Waals surface area contributed by atoms with Crippen LogP contribution in [0.2, 0.25) is 0 Å². The summed E-state index contributed by atoms with van der Waals surface area (Å²) in [5.74, 6) is -0.955. The predicted octanol–water partition coefficient (Wildman–Crippen LogP) is 3.18. The molecule has 0 aliphatic rings. The molecule has 0 fully saturated rings. The van der Waals surface area contributed by atoms with Gasteiger partial charge in [-0.25, -0.2) is 9.59 Å². The lowest BCUT2D eigenvalue weighted by molar-refractivity contribution is -0.0370. The maximum atomic E-state index is 12.0. The van der Waals surface area contributed by atoms with Gasteiger partial charge in [0.05, 0.1) is 11.1 Å². The third-order valence-corrected chi connectivity index (χ3v) is 3.03. The van der Waals surface area contributed by atoms with E-state index in [0.717, 1.165) is 0 Å². The van der Waals surface area contributed by atoms with Crippen LogP contribution in [-0.2, 0) is 9.47 Å². The minimum atomic E-state index is -0.959. The van der Waals surface area contributed by atoms with Crippen molar-refractivity contribution in [1.82, 2.24) is 0 Å². The van der Waals surface area contributed by atoms with Crippen LogP contribution in [0, 0.1) is 0 Å². The lowest BCUT2D eigenvalue weighted by Crippen LogP contribution is -2.34. The second-order valence-electron chi connectivity index (χ2n) is 5.64. The highest BCUT2D eigenvalue weighted by Crippen LogP contribution is 2.16. The molecule has 0 aromatic heterocycles. The van der Waals surface area contributed by atoms with Gasteiger partial charge in [0.15, 0.2) is 0 Å². The number of esters is 2. The third-order valence-electron chi connectivity index (χ3n) is 3.03. The topological polar surface area (TPSA) is 72.8 Å². The monoisotopic (exact) mass is 314 g/mol. The van der Waals surface area contributed by atoms with Gasteiger partial charge in [0, 0.05) is 0 Å². The Hall–Kier alpha value is -2.82. The molecule has 0 heterocycles. The minimum Gasteiger partial charge on any atom is -0.508 e. The second kappa shape index (κ2) is 6.96. The highest BCUT2D eigenvalue weighted by Gasteiger charge is 2.26. The maximum Gasteiger partial charge on any atom is 0.338 e. The Labute approximate surface area is 134 Å². The van der Waals surface area contributed by atoms with Crippen molar-refractivity contribution >= 4 is 11.9 Å². The van der Waals surface area contributed by atoms with E-state index in [4.69, 9.17) is 9.47 Å². The number of ether oxygens (including phenoxy) is 2. The molecule has 0 aliphatic heterocycles. The van der Waals surface area contributed by atoms with Crippen molar-refractivity contribution in [2.75, 3.05) is 6.61 Å². The van der Waals surface area contributed by atoms with Crippen molar-refractivity contribution in [3.8, 4) is 5.75 Å². The molecule has 120 valence electrons. The fourth-order valence-corrected chi connectivity index (χ4v) is 1.83. The van der Waals surface area contributed by atoms with Gasteiger partial charge in [0.2, 0.25) is 0 Å². The zero-order valence-electron chi connectivity index (χ0n) is 13.0. The molecule has 1 N–H and O–H groups in total. The number of carbonyl (C=O) groups excluding carboxylic acids is 2. The van der Waals surface area contributed by atoms with Gasteiger partial charge in [-0.05, 0) is 50.2 Å². The fraction of sp³-hybridized carbons (Fsp3) is 0.222. The Bertz CT molecular complexity index is 674. The highest BCUT2D eigenvalue weighted by molar-refractivity contribution is 5.90. The summed E-state index contributed by atoms with van der Waals surface area (Å²) in [6.45, 7) is 3.25. The number of carbonyl (C=O) groups is 2. The molecule has 0 radical (unpaired) electrons. The van der Waals surface area contributed by atoms with Gasteiger partial charge < -0.3 is 14.6 Å². The Morgan fingerprint density at radius 1 is 0.913 bits per heavy atom. The van der Waals surface area contributed by atoms with E-state index in [1.807, 2.05) is 0 Å². The minimum absolute atomic E-state index is 0.0682. The van der Waals surface area contributed by atoms with Crippen LogP contribution in [-0.4, -0.2) is 29.3 Å². The van der Waals surface area contributed by atoms with Crippen LogP contribution in [0.15, 0.2) is 54.6 Å². The van der Waals surface area contributed by atoms with E-state index in [1.165, 1.54) is 24.3 Å². The SMILES string of the molecule is CC(C)(COC(=O)c1ccc(O)cc1)OC(=O)c1ccccc1. The van der Waals surface area contributed by atoms with E-state index < -0.39 is 17.5 Å². The molecule has 0 spiro atoms. The summed E-state index contributed by atoms with van der Waals surface area (Å²) in [5.41, 5.74) is -0.210. The lowest BCUT2D eigenvalue weighted by Gasteiger charge is -2.24. The lowest BCUT2D eigenvalue weighted by atomic mass is 10.1. The molecular weight excluding hydrogens is 296 g/mol. The number of benzene rings is 2. The summed E-state index contributed by atoms with van der Waals surface area (Å²) >= 11 is 0. The molecule has 0 amide bonds. The van der Waals surface area contributed by atoms with Crippen LogP contribution in [0.1, 0.15) is 34.6 Å². The first-order valence-corrected chi connectivity index (χ1v) is 7.12. The molecule has 0 unspecified atom stereocenters. The van der Waals surface area contributed by atoms with Crippen LogP contribution in [0.25, 0.3) is 0 Å². The van der Waals surface area contributed by atoms with Gasteiger partial charge in [-0.1, -0.05) is 18.2 Å². The van der Waals surface area contributed by atoms with E-state index in [-0.39, 0.29) is 12.4 Å². The first kappa shape index (κ1) is 16.5. The van der Waals surface area contributed by atoms with Gasteiger partial charge in [-0.2, -0.15) is 0 Å². The summed E-state index contributed by atoms with van der Waals surface area (Å²) in [7, 11) is 0. The number of aromatic hydroxyl groups is 1. The Kier molecular flexibility index (Phi) is 5.01. The number of hydrogen-bond acceptors (Lipinski definition) is 5. The van der Waals surface area contributed by atoms with Crippen molar-refractivity contribution in [2.24, 2.45) is 0 Å². The smallest absolute Gasteiger partial charge is 0.338 e. The fourth-order valence-electron chi connectivity index (χ4n) is 1.83. The predicted molar refractivity (Wildman–Crippen MR) is 84.3 cm³/mol. The Morgan fingerprint density at radius 2 is 1.48 bits per heavy atom. The zero-order valence-corrected chi connectivity index (χ0v) is 13.0. The summed E-state index contributed by atoms with van der Waals surface area (Å²) in [6.07, 6.45) is 0. The molecule has 2 aromatic carbocycles. The standard InChI is InChI=1S/C18H18O5/c1-18(2,23-17(21)13-6-4-3-5-7-13)12-22-16(20)14-8-10-15(19)11-9-14/h3-11,19H,12H2,1-2H3. The molecule has 0 saturated carbocycles. The van der Waals surface area contributed by atoms with E-state index in [1.54, 1.807) is 44.2 Å². The molecule has 0 atom stereocenters. The summed E-state index contributed by atoms with van der Waals surface area (Å²) < 4.78 is 10.5. The highest BCUT2D eigenvalue weighted by atomic mass is 16.6. The normalized spacial score (nSPS) is 10.9. The number of phenols is 1. The van der Waals surface area contributed by atoms with Gasteiger partial charge in [-0.15, -0.1) is 0 Å². The number of hydrogen-bond donors (Lipinski definition) is 1. The molecule has 5 heteroatoms. The first-order valence-electron chi connectivity index (χ1n) is 7.12. The maximum absolute atomic E-state index is 12.0. The van der Waals surface area contributed by atoms with Crippen molar-refractivity contribution in [3.05, 3.63) is 65.7 Å². The van der Waals surface area contributed by atoms with E-state index >= 15 is 0 Å². The summed E-state index contributed by atoms with van der Waals surface area (Å²) in [6, 6.07) is 14.3. The van der Waals surface area contributed by atoms with Gasteiger partial charge >= 0.3 is 11.9 Å². The molecule has 0 bridgehead atoms. The summed E-state index contributed by atoms with van der Waals surface area (Å²) in [5, 5.41) is 9.20. The zero-order chi connectivity index (χ0) is 16.9. The van der Waals surface area contributed by atoms with Gasteiger partial charge in [-0.3, -0.25) is 0 Å². The largest absolute Gasteiger partial charge is 0.508 e. The number of rotatable bonds is 5. The van der Waals surface area contributed by atoms with Crippen molar-refractivity contribution in [3.63, 3.8) is 0 Å². The second-order valence-corrected chi connectivity index (χ2v) is 5.64. The van der Waals surface area contributed by atoms with Crippen LogP contribution in [0.5, 0.6) is 5.75 Å². The third kappa shape index (κ3) is 4.85. The van der Waals surface area contributed by atoms with Crippen LogP contribution < -0.4 is 0 Å². The number of phenolic OH excluding ortho intramolecular Hbond substituents is 1. The van der Waals surface area contributed by atoms with Crippen molar-refractivity contribution in [2.45, 2.75) is 19.4 Å². The van der Waals surface area contributed by atoms with Crippen LogP contribution in [0.3, 0.4) is 0 Å². The van der Waals surface area contributed by atoms with Crippen molar-refractivity contribution in [1.29, 1.82) is 0 Å². The van der Waals surface area contributed by atoms with Gasteiger partial charge in [0.1, 0.15) is 18.0 Å². The molecule has 0 saturated heterocycles. The average molecular weight is 314 g/mol. The van der Waals surface area contributed by atoms with Gasteiger partial charge in [0.25, 0.3) is 0 Å². The quantitative estimate of drug-likeness (QED) is 0.858.